The van der Waals surface area contributed by atoms with E-state index >= 15 is 0 Å². The molecule has 0 unspecified atom stereocenters. The van der Waals surface area contributed by atoms with Crippen molar-refractivity contribution in [2.45, 2.75) is 12.6 Å². The molecule has 2 amide bonds. The van der Waals surface area contributed by atoms with Gasteiger partial charge in [-0.15, -0.1) is 0 Å². The van der Waals surface area contributed by atoms with Crippen LogP contribution in [0.2, 0.25) is 5.02 Å². The molecule has 2 rings (SSSR count). The number of carbonyl (C=O) groups is 1. The van der Waals surface area contributed by atoms with Crippen LogP contribution in [0.15, 0.2) is 18.2 Å². The highest BCUT2D eigenvalue weighted by molar-refractivity contribution is 6.30. The van der Waals surface area contributed by atoms with Crippen LogP contribution in [0.25, 0.3) is 0 Å². The predicted molar refractivity (Wildman–Crippen MR) is 96.8 cm³/mol. The number of urea groups is 1. The first kappa shape index (κ1) is 20.6. The standard InChI is InChI=1S/C17H24ClF3N4O/c1-23(2)7-3-6-22-16(26)25-10-8-24(9-11-25)15-5-4-13(18)12-14(15)17(19,20)21/h4-5,12H,3,6-11H2,1-2H3,(H,22,26). The maximum Gasteiger partial charge on any atom is 0.418 e. The van der Waals surface area contributed by atoms with Crippen LogP contribution in [0.4, 0.5) is 23.7 Å². The Hall–Kier alpha value is -1.67. The Labute approximate surface area is 156 Å². The summed E-state index contributed by atoms with van der Waals surface area (Å²) in [6.45, 7) is 2.89. The second-order valence-electron chi connectivity index (χ2n) is 6.52. The molecule has 1 saturated heterocycles. The normalized spacial score (nSPS) is 15.5. The Morgan fingerprint density at radius 3 is 2.46 bits per heavy atom. The van der Waals surface area contributed by atoms with Crippen LogP contribution in [0, 0.1) is 0 Å². The number of hydrogen-bond donors (Lipinski definition) is 1. The van der Waals surface area contributed by atoms with Gasteiger partial charge in [0.2, 0.25) is 0 Å². The minimum absolute atomic E-state index is 0.0526. The number of hydrogen-bond acceptors (Lipinski definition) is 3. The van der Waals surface area contributed by atoms with Gasteiger partial charge in [-0.1, -0.05) is 11.6 Å². The number of alkyl halides is 3. The summed E-state index contributed by atoms with van der Waals surface area (Å²) in [6, 6.07) is 3.62. The maximum atomic E-state index is 13.3. The highest BCUT2D eigenvalue weighted by Crippen LogP contribution is 2.38. The van der Waals surface area contributed by atoms with E-state index in [-0.39, 0.29) is 16.7 Å². The Morgan fingerprint density at radius 1 is 1.23 bits per heavy atom. The molecular weight excluding hydrogens is 369 g/mol. The van der Waals surface area contributed by atoms with Crippen LogP contribution in [-0.2, 0) is 6.18 Å². The molecule has 0 aliphatic carbocycles. The highest BCUT2D eigenvalue weighted by Gasteiger charge is 2.36. The third kappa shape index (κ3) is 5.67. The number of benzene rings is 1. The SMILES string of the molecule is CN(C)CCCNC(=O)N1CCN(c2ccc(Cl)cc2C(F)(F)F)CC1. The fourth-order valence-corrected chi connectivity index (χ4v) is 3.04. The summed E-state index contributed by atoms with van der Waals surface area (Å²) in [5.41, 5.74) is -0.639. The van der Waals surface area contributed by atoms with E-state index in [1.165, 1.54) is 12.1 Å². The molecule has 0 bridgehead atoms. The van der Waals surface area contributed by atoms with Crippen molar-refractivity contribution >= 4 is 23.3 Å². The lowest BCUT2D eigenvalue weighted by atomic mass is 10.1. The van der Waals surface area contributed by atoms with Gasteiger partial charge in [-0.3, -0.25) is 0 Å². The van der Waals surface area contributed by atoms with Gasteiger partial charge in [-0.2, -0.15) is 13.2 Å². The zero-order valence-electron chi connectivity index (χ0n) is 14.9. The van der Waals surface area contributed by atoms with Crippen molar-refractivity contribution in [3.8, 4) is 0 Å². The molecule has 26 heavy (non-hydrogen) atoms. The molecule has 1 aliphatic heterocycles. The highest BCUT2D eigenvalue weighted by atomic mass is 35.5. The van der Waals surface area contributed by atoms with E-state index < -0.39 is 11.7 Å². The van der Waals surface area contributed by atoms with Crippen LogP contribution >= 0.6 is 11.6 Å². The van der Waals surface area contributed by atoms with Crippen molar-refractivity contribution in [2.75, 3.05) is 58.3 Å². The summed E-state index contributed by atoms with van der Waals surface area (Å²) in [6.07, 6.45) is -3.63. The smallest absolute Gasteiger partial charge is 0.367 e. The summed E-state index contributed by atoms with van der Waals surface area (Å²) in [7, 11) is 3.93. The Balaban J connectivity index is 1.92. The van der Waals surface area contributed by atoms with Crippen LogP contribution in [0.3, 0.4) is 0 Å². The van der Waals surface area contributed by atoms with E-state index in [0.717, 1.165) is 19.0 Å². The fraction of sp³-hybridized carbons (Fsp3) is 0.588. The predicted octanol–water partition coefficient (Wildman–Crippen LogP) is 3.14. The average Bonchev–Trinajstić information content (AvgIpc) is 2.58. The molecule has 1 heterocycles. The van der Waals surface area contributed by atoms with Crippen LogP contribution in [-0.4, -0.2) is 69.2 Å². The Kier molecular flexibility index (Phi) is 7.00. The lowest BCUT2D eigenvalue weighted by Crippen LogP contribution is -2.52. The quantitative estimate of drug-likeness (QED) is 0.782. The molecule has 1 aromatic rings. The fourth-order valence-electron chi connectivity index (χ4n) is 2.86. The number of carbonyl (C=O) groups excluding carboxylic acids is 1. The zero-order valence-corrected chi connectivity index (χ0v) is 15.7. The van der Waals surface area contributed by atoms with Crippen molar-refractivity contribution in [3.05, 3.63) is 28.8 Å². The molecule has 1 N–H and O–H groups in total. The van der Waals surface area contributed by atoms with Crippen LogP contribution < -0.4 is 10.2 Å². The molecule has 9 heteroatoms. The lowest BCUT2D eigenvalue weighted by molar-refractivity contribution is -0.137. The average molecular weight is 393 g/mol. The van der Waals surface area contributed by atoms with Gasteiger partial charge in [0.05, 0.1) is 5.56 Å². The minimum atomic E-state index is -4.47. The number of anilines is 1. The number of nitrogens with zero attached hydrogens (tertiary/aromatic N) is 3. The maximum absolute atomic E-state index is 13.3. The van der Waals surface area contributed by atoms with E-state index in [1.807, 2.05) is 19.0 Å². The molecule has 1 aromatic carbocycles. The second kappa shape index (κ2) is 8.81. The topological polar surface area (TPSA) is 38.8 Å². The summed E-state index contributed by atoms with van der Waals surface area (Å²) < 4.78 is 39.8. The van der Waals surface area contributed by atoms with Crippen LogP contribution in [0.1, 0.15) is 12.0 Å². The van der Waals surface area contributed by atoms with Crippen molar-refractivity contribution in [1.29, 1.82) is 0 Å². The van der Waals surface area contributed by atoms with E-state index in [2.05, 4.69) is 5.32 Å². The van der Waals surface area contributed by atoms with E-state index in [1.54, 1.807) is 9.80 Å². The van der Waals surface area contributed by atoms with Crippen molar-refractivity contribution < 1.29 is 18.0 Å². The summed E-state index contributed by atoms with van der Waals surface area (Å²) in [5, 5.41) is 2.90. The number of piperazine rings is 1. The summed E-state index contributed by atoms with van der Waals surface area (Å²) in [5.74, 6) is 0. The van der Waals surface area contributed by atoms with E-state index in [4.69, 9.17) is 11.6 Å². The van der Waals surface area contributed by atoms with Crippen molar-refractivity contribution in [2.24, 2.45) is 0 Å². The molecular formula is C17H24ClF3N4O. The molecule has 146 valence electrons. The largest absolute Gasteiger partial charge is 0.418 e. The van der Waals surface area contributed by atoms with Gasteiger partial charge in [0.15, 0.2) is 0 Å². The first-order valence-electron chi connectivity index (χ1n) is 8.47. The van der Waals surface area contributed by atoms with Gasteiger partial charge < -0.3 is 20.0 Å². The van der Waals surface area contributed by atoms with Gasteiger partial charge >= 0.3 is 12.2 Å². The van der Waals surface area contributed by atoms with Crippen molar-refractivity contribution in [3.63, 3.8) is 0 Å². The molecule has 0 atom stereocenters. The monoisotopic (exact) mass is 392 g/mol. The van der Waals surface area contributed by atoms with Crippen LogP contribution in [0.5, 0.6) is 0 Å². The molecule has 0 aromatic heterocycles. The molecule has 5 nitrogen and oxygen atoms in total. The molecule has 1 aliphatic rings. The number of halogens is 4. The third-order valence-electron chi connectivity index (χ3n) is 4.23. The van der Waals surface area contributed by atoms with Gasteiger partial charge in [0.1, 0.15) is 0 Å². The second-order valence-corrected chi connectivity index (χ2v) is 6.96. The van der Waals surface area contributed by atoms with Gasteiger partial charge in [-0.05, 0) is 45.3 Å². The minimum Gasteiger partial charge on any atom is -0.367 e. The first-order valence-corrected chi connectivity index (χ1v) is 8.85. The number of amides is 2. The van der Waals surface area contributed by atoms with E-state index in [0.29, 0.717) is 32.7 Å². The van der Waals surface area contributed by atoms with Crippen molar-refractivity contribution in [1.82, 2.24) is 15.1 Å². The zero-order chi connectivity index (χ0) is 19.3. The summed E-state index contributed by atoms with van der Waals surface area (Å²) >= 11 is 5.72. The summed E-state index contributed by atoms with van der Waals surface area (Å²) in [4.78, 5) is 17.5. The third-order valence-corrected chi connectivity index (χ3v) is 4.46. The lowest BCUT2D eigenvalue weighted by Gasteiger charge is -2.37. The molecule has 0 saturated carbocycles. The first-order chi connectivity index (χ1) is 12.2. The molecule has 1 fully saturated rings. The van der Waals surface area contributed by atoms with Gasteiger partial charge in [0.25, 0.3) is 0 Å². The molecule has 0 radical (unpaired) electrons. The van der Waals surface area contributed by atoms with Gasteiger partial charge in [0, 0.05) is 43.4 Å². The van der Waals surface area contributed by atoms with E-state index in [9.17, 15) is 18.0 Å². The number of rotatable bonds is 5. The Bertz CT molecular complexity index is 617. The number of nitrogens with one attached hydrogen (secondary N) is 1. The molecule has 0 spiro atoms. The Morgan fingerprint density at radius 2 is 1.88 bits per heavy atom. The van der Waals surface area contributed by atoms with Gasteiger partial charge in [-0.25, -0.2) is 4.79 Å².